The van der Waals surface area contributed by atoms with Crippen LogP contribution in [0.3, 0.4) is 0 Å². The molecule has 0 aliphatic carbocycles. The molecule has 2 heterocycles. The van der Waals surface area contributed by atoms with Gasteiger partial charge in [0.05, 0.1) is 12.6 Å². The van der Waals surface area contributed by atoms with E-state index in [1.54, 1.807) is 11.3 Å². The zero-order chi connectivity index (χ0) is 11.4. The normalized spacial score (nSPS) is 24.5. The Morgan fingerprint density at radius 1 is 1.62 bits per heavy atom. The smallest absolute Gasteiger partial charge is 0.107 e. The fraction of sp³-hybridized carbons (Fsp3) is 0.750. The first-order chi connectivity index (χ1) is 7.81. The van der Waals surface area contributed by atoms with E-state index in [2.05, 4.69) is 16.8 Å². The number of thiazole rings is 1. The van der Waals surface area contributed by atoms with Crippen molar-refractivity contribution in [1.82, 2.24) is 9.88 Å². The van der Waals surface area contributed by atoms with Crippen LogP contribution in [0.4, 0.5) is 0 Å². The molecular weight excluding hydrogens is 220 g/mol. The zero-order valence-corrected chi connectivity index (χ0v) is 10.6. The lowest BCUT2D eigenvalue weighted by atomic mass is 9.96. The molecule has 0 amide bonds. The number of hydrogen-bond acceptors (Lipinski definition) is 4. The molecule has 0 spiro atoms. The summed E-state index contributed by atoms with van der Waals surface area (Å²) in [4.78, 5) is 6.72. The second-order valence-electron chi connectivity index (χ2n) is 4.44. The van der Waals surface area contributed by atoms with Crippen molar-refractivity contribution in [3.8, 4) is 0 Å². The minimum atomic E-state index is -0.180. The van der Waals surface area contributed by atoms with Gasteiger partial charge in [0, 0.05) is 17.6 Å². The van der Waals surface area contributed by atoms with Crippen LogP contribution < -0.4 is 0 Å². The maximum Gasteiger partial charge on any atom is 0.107 e. The average Bonchev–Trinajstić information content (AvgIpc) is 2.82. The maximum atomic E-state index is 10.0. The molecule has 0 bridgehead atoms. The molecule has 2 atom stereocenters. The summed E-state index contributed by atoms with van der Waals surface area (Å²) < 4.78 is 0. The third-order valence-electron chi connectivity index (χ3n) is 3.35. The Bertz CT molecular complexity index is 302. The number of likely N-dealkylation sites (tertiary alicyclic amines) is 1. The number of rotatable bonds is 4. The van der Waals surface area contributed by atoms with E-state index in [0.29, 0.717) is 6.04 Å². The first-order valence-electron chi connectivity index (χ1n) is 6.11. The third kappa shape index (κ3) is 2.81. The van der Waals surface area contributed by atoms with Crippen molar-refractivity contribution in [2.75, 3.05) is 6.54 Å². The number of aliphatic hydroxyl groups is 1. The molecule has 1 saturated heterocycles. The summed E-state index contributed by atoms with van der Waals surface area (Å²) >= 11 is 1.70. The Balaban J connectivity index is 1.99. The SMILES string of the molecule is CCC(O)C1CCCCN1Cc1nccs1. The van der Waals surface area contributed by atoms with Gasteiger partial charge < -0.3 is 5.11 Å². The van der Waals surface area contributed by atoms with Crippen LogP contribution in [-0.4, -0.2) is 33.7 Å². The monoisotopic (exact) mass is 240 g/mol. The molecule has 4 heteroatoms. The molecule has 0 saturated carbocycles. The van der Waals surface area contributed by atoms with Crippen molar-refractivity contribution in [3.63, 3.8) is 0 Å². The minimum absolute atomic E-state index is 0.180. The number of aliphatic hydroxyl groups excluding tert-OH is 1. The van der Waals surface area contributed by atoms with Crippen LogP contribution in [0.1, 0.15) is 37.6 Å². The van der Waals surface area contributed by atoms with Gasteiger partial charge in [0.1, 0.15) is 5.01 Å². The lowest BCUT2D eigenvalue weighted by molar-refractivity contribution is 0.0195. The van der Waals surface area contributed by atoms with Gasteiger partial charge in [0.15, 0.2) is 0 Å². The van der Waals surface area contributed by atoms with Crippen LogP contribution in [0.25, 0.3) is 0 Å². The molecule has 2 rings (SSSR count). The van der Waals surface area contributed by atoms with Gasteiger partial charge in [-0.05, 0) is 25.8 Å². The highest BCUT2D eigenvalue weighted by Gasteiger charge is 2.27. The number of aromatic nitrogens is 1. The number of hydrogen-bond donors (Lipinski definition) is 1. The Hall–Kier alpha value is -0.450. The van der Waals surface area contributed by atoms with E-state index in [9.17, 15) is 5.11 Å². The predicted octanol–water partition coefficient (Wildman–Crippen LogP) is 2.27. The fourth-order valence-electron chi connectivity index (χ4n) is 2.43. The van der Waals surface area contributed by atoms with Gasteiger partial charge in [0.25, 0.3) is 0 Å². The van der Waals surface area contributed by atoms with Crippen LogP contribution in [0.15, 0.2) is 11.6 Å². The molecule has 16 heavy (non-hydrogen) atoms. The van der Waals surface area contributed by atoms with Gasteiger partial charge >= 0.3 is 0 Å². The van der Waals surface area contributed by atoms with Crippen LogP contribution in [0.2, 0.25) is 0 Å². The highest BCUT2D eigenvalue weighted by atomic mass is 32.1. The summed E-state index contributed by atoms with van der Waals surface area (Å²) in [5.41, 5.74) is 0. The van der Waals surface area contributed by atoms with E-state index in [4.69, 9.17) is 0 Å². The molecule has 2 unspecified atom stereocenters. The van der Waals surface area contributed by atoms with Gasteiger partial charge in [0.2, 0.25) is 0 Å². The van der Waals surface area contributed by atoms with Crippen molar-refractivity contribution in [2.24, 2.45) is 0 Å². The first-order valence-corrected chi connectivity index (χ1v) is 6.99. The van der Waals surface area contributed by atoms with Crippen LogP contribution in [0, 0.1) is 0 Å². The van der Waals surface area contributed by atoms with Crippen molar-refractivity contribution in [1.29, 1.82) is 0 Å². The van der Waals surface area contributed by atoms with E-state index in [1.165, 1.54) is 12.8 Å². The Morgan fingerprint density at radius 2 is 2.50 bits per heavy atom. The fourth-order valence-corrected chi connectivity index (χ4v) is 3.07. The van der Waals surface area contributed by atoms with Crippen molar-refractivity contribution < 1.29 is 5.11 Å². The Kier molecular flexibility index (Phi) is 4.32. The minimum Gasteiger partial charge on any atom is -0.392 e. The molecule has 1 aliphatic heterocycles. The van der Waals surface area contributed by atoms with Crippen LogP contribution in [0.5, 0.6) is 0 Å². The number of nitrogens with zero attached hydrogens (tertiary/aromatic N) is 2. The first kappa shape index (κ1) is 12.0. The highest BCUT2D eigenvalue weighted by molar-refractivity contribution is 7.09. The van der Waals surface area contributed by atoms with E-state index >= 15 is 0 Å². The van der Waals surface area contributed by atoms with E-state index in [1.807, 2.05) is 11.6 Å². The largest absolute Gasteiger partial charge is 0.392 e. The van der Waals surface area contributed by atoms with Crippen molar-refractivity contribution >= 4 is 11.3 Å². The van der Waals surface area contributed by atoms with Gasteiger partial charge in [-0.1, -0.05) is 13.3 Å². The predicted molar refractivity (Wildman–Crippen MR) is 66.5 cm³/mol. The van der Waals surface area contributed by atoms with Crippen LogP contribution in [-0.2, 0) is 6.54 Å². The molecule has 1 aromatic rings. The lowest BCUT2D eigenvalue weighted by Crippen LogP contribution is -2.46. The molecule has 3 nitrogen and oxygen atoms in total. The quantitative estimate of drug-likeness (QED) is 0.877. The molecule has 1 aromatic heterocycles. The third-order valence-corrected chi connectivity index (χ3v) is 4.11. The second kappa shape index (κ2) is 5.75. The molecular formula is C12H20N2OS. The van der Waals surface area contributed by atoms with Crippen LogP contribution >= 0.6 is 11.3 Å². The Morgan fingerprint density at radius 3 is 3.19 bits per heavy atom. The molecule has 1 aliphatic rings. The summed E-state index contributed by atoms with van der Waals surface area (Å²) in [5, 5.41) is 13.2. The summed E-state index contributed by atoms with van der Waals surface area (Å²) in [6.07, 6.45) is 6.14. The molecule has 0 aromatic carbocycles. The summed E-state index contributed by atoms with van der Waals surface area (Å²) in [5.74, 6) is 0. The number of piperidine rings is 1. The average molecular weight is 240 g/mol. The summed E-state index contributed by atoms with van der Waals surface area (Å²) in [6.45, 7) is 4.06. The van der Waals surface area contributed by atoms with Gasteiger partial charge in [-0.15, -0.1) is 11.3 Å². The molecule has 1 N–H and O–H groups in total. The Labute approximate surface area is 101 Å². The van der Waals surface area contributed by atoms with E-state index < -0.39 is 0 Å². The van der Waals surface area contributed by atoms with E-state index in [0.717, 1.165) is 30.9 Å². The van der Waals surface area contributed by atoms with Gasteiger partial charge in [-0.2, -0.15) is 0 Å². The molecule has 0 radical (unpaired) electrons. The summed E-state index contributed by atoms with van der Waals surface area (Å²) in [6, 6.07) is 0.336. The molecule has 1 fully saturated rings. The topological polar surface area (TPSA) is 36.4 Å². The second-order valence-corrected chi connectivity index (χ2v) is 5.41. The van der Waals surface area contributed by atoms with Crippen molar-refractivity contribution in [2.45, 2.75) is 51.3 Å². The maximum absolute atomic E-state index is 10.0. The lowest BCUT2D eigenvalue weighted by Gasteiger charge is -2.37. The summed E-state index contributed by atoms with van der Waals surface area (Å²) in [7, 11) is 0. The van der Waals surface area contributed by atoms with Crippen molar-refractivity contribution in [3.05, 3.63) is 16.6 Å². The molecule has 90 valence electrons. The standard InChI is InChI=1S/C12H20N2OS/c1-2-11(15)10-5-3-4-7-14(10)9-12-13-6-8-16-12/h6,8,10-11,15H,2-5,7,9H2,1H3. The van der Waals surface area contributed by atoms with Gasteiger partial charge in [-0.25, -0.2) is 4.98 Å². The van der Waals surface area contributed by atoms with Gasteiger partial charge in [-0.3, -0.25) is 4.90 Å². The highest BCUT2D eigenvalue weighted by Crippen LogP contribution is 2.23. The zero-order valence-electron chi connectivity index (χ0n) is 9.80. The van der Waals surface area contributed by atoms with E-state index in [-0.39, 0.29) is 6.10 Å².